The Labute approximate surface area is 116 Å². The number of likely N-dealkylation sites (tertiary alicyclic amines) is 1. The number of nitrogens with two attached hydrogens (primary N) is 1. The molecule has 1 amide bonds. The van der Waals surface area contributed by atoms with E-state index in [0.717, 1.165) is 19.3 Å². The van der Waals surface area contributed by atoms with Gasteiger partial charge < -0.3 is 10.6 Å². The minimum absolute atomic E-state index is 0.182. The van der Waals surface area contributed by atoms with Crippen molar-refractivity contribution in [2.24, 2.45) is 11.1 Å². The molecule has 2 aliphatic rings. The fraction of sp³-hybridized carbons (Fsp3) is 0.688. The first-order valence-electron chi connectivity index (χ1n) is 7.52. The number of hydrogen-bond acceptors (Lipinski definition) is 2. The Hall–Kier alpha value is -1.09. The summed E-state index contributed by atoms with van der Waals surface area (Å²) >= 11 is 0. The minimum Gasteiger partial charge on any atom is -0.369 e. The second-order valence-electron chi connectivity index (χ2n) is 6.00. The molecule has 1 saturated heterocycles. The molecule has 3 nitrogen and oxygen atoms in total. The molecule has 2 unspecified atom stereocenters. The van der Waals surface area contributed by atoms with Gasteiger partial charge in [-0.2, -0.15) is 0 Å². The van der Waals surface area contributed by atoms with E-state index in [2.05, 4.69) is 17.9 Å². The highest BCUT2D eigenvalue weighted by molar-refractivity contribution is 5.83. The third-order valence-electron chi connectivity index (χ3n) is 4.66. The van der Waals surface area contributed by atoms with Crippen LogP contribution in [0.5, 0.6) is 0 Å². The minimum atomic E-state index is -0.446. The number of carbonyl (C=O) groups is 1. The Morgan fingerprint density at radius 3 is 2.63 bits per heavy atom. The van der Waals surface area contributed by atoms with Gasteiger partial charge in [0.25, 0.3) is 0 Å². The quantitative estimate of drug-likeness (QED) is 0.828. The summed E-state index contributed by atoms with van der Waals surface area (Å²) < 4.78 is 0. The van der Waals surface area contributed by atoms with E-state index in [1.807, 2.05) is 18.2 Å². The molecule has 2 rings (SSSR count). The molecule has 19 heavy (non-hydrogen) atoms. The monoisotopic (exact) mass is 262 g/mol. The molecule has 1 aliphatic carbocycles. The number of hydrogen-bond donors (Lipinski definition) is 1. The van der Waals surface area contributed by atoms with Crippen LogP contribution in [0.3, 0.4) is 0 Å². The number of carbonyl (C=O) groups excluding carboxylic acids is 1. The Kier molecular flexibility index (Phi) is 4.81. The van der Waals surface area contributed by atoms with E-state index in [-0.39, 0.29) is 5.91 Å². The average molecular weight is 262 g/mol. The number of piperidine rings is 1. The van der Waals surface area contributed by atoms with Gasteiger partial charge in [0.05, 0.1) is 5.41 Å². The smallest absolute Gasteiger partial charge is 0.227 e. The lowest BCUT2D eigenvalue weighted by atomic mass is 9.76. The Morgan fingerprint density at radius 2 is 2.05 bits per heavy atom. The van der Waals surface area contributed by atoms with Crippen LogP contribution in [0.25, 0.3) is 0 Å². The van der Waals surface area contributed by atoms with Crippen LogP contribution in [0.4, 0.5) is 0 Å². The van der Waals surface area contributed by atoms with Crippen molar-refractivity contribution in [2.75, 3.05) is 13.1 Å². The van der Waals surface area contributed by atoms with Gasteiger partial charge in [0, 0.05) is 6.04 Å². The van der Waals surface area contributed by atoms with E-state index >= 15 is 0 Å². The van der Waals surface area contributed by atoms with Crippen LogP contribution in [-0.4, -0.2) is 29.9 Å². The lowest BCUT2D eigenvalue weighted by molar-refractivity contribution is -0.125. The molecule has 0 aromatic rings. The van der Waals surface area contributed by atoms with Crippen molar-refractivity contribution >= 4 is 5.91 Å². The Bertz CT molecular complexity index is 369. The van der Waals surface area contributed by atoms with Gasteiger partial charge in [-0.3, -0.25) is 4.79 Å². The van der Waals surface area contributed by atoms with Crippen molar-refractivity contribution in [3.63, 3.8) is 0 Å². The van der Waals surface area contributed by atoms with Crippen molar-refractivity contribution in [1.82, 2.24) is 4.90 Å². The fourth-order valence-corrected chi connectivity index (χ4v) is 3.16. The predicted octanol–water partition coefficient (Wildman–Crippen LogP) is 2.63. The van der Waals surface area contributed by atoms with Crippen LogP contribution in [0.2, 0.25) is 0 Å². The van der Waals surface area contributed by atoms with Crippen molar-refractivity contribution < 1.29 is 4.79 Å². The van der Waals surface area contributed by atoms with Gasteiger partial charge in [0.2, 0.25) is 5.91 Å². The molecule has 0 aromatic heterocycles. The van der Waals surface area contributed by atoms with E-state index in [4.69, 9.17) is 5.73 Å². The van der Waals surface area contributed by atoms with Crippen molar-refractivity contribution in [2.45, 2.75) is 51.5 Å². The number of allylic oxidation sites excluding steroid dienone is 3. The summed E-state index contributed by atoms with van der Waals surface area (Å²) in [5.41, 5.74) is 5.18. The molecule has 0 spiro atoms. The van der Waals surface area contributed by atoms with Gasteiger partial charge in [-0.05, 0) is 52.1 Å². The van der Waals surface area contributed by atoms with E-state index in [9.17, 15) is 4.79 Å². The van der Waals surface area contributed by atoms with Crippen molar-refractivity contribution in [1.29, 1.82) is 0 Å². The summed E-state index contributed by atoms with van der Waals surface area (Å²) in [5, 5.41) is 0. The maximum Gasteiger partial charge on any atom is 0.227 e. The van der Waals surface area contributed by atoms with Crippen LogP contribution < -0.4 is 5.73 Å². The van der Waals surface area contributed by atoms with E-state index in [1.54, 1.807) is 0 Å². The average Bonchev–Trinajstić information content (AvgIpc) is 2.46. The number of amides is 1. The maximum atomic E-state index is 11.8. The van der Waals surface area contributed by atoms with Gasteiger partial charge >= 0.3 is 0 Å². The molecule has 1 heterocycles. The fourth-order valence-electron chi connectivity index (χ4n) is 3.16. The summed E-state index contributed by atoms with van der Waals surface area (Å²) in [6.45, 7) is 4.70. The first kappa shape index (κ1) is 14.3. The number of nitrogens with zero attached hydrogens (tertiary/aromatic N) is 1. The van der Waals surface area contributed by atoms with E-state index < -0.39 is 5.41 Å². The summed E-state index contributed by atoms with van der Waals surface area (Å²) in [6, 6.07) is 0.552. The highest BCUT2D eigenvalue weighted by Gasteiger charge is 2.34. The van der Waals surface area contributed by atoms with Gasteiger partial charge in [-0.1, -0.05) is 30.7 Å². The Balaban J connectivity index is 1.90. The van der Waals surface area contributed by atoms with E-state index in [1.165, 1.54) is 32.4 Å². The zero-order chi connectivity index (χ0) is 13.7. The van der Waals surface area contributed by atoms with Crippen molar-refractivity contribution in [3.05, 3.63) is 24.3 Å². The molecule has 1 aliphatic heterocycles. The standard InChI is InChI=1S/C16H26N2O/c1-14(18-12-6-3-7-13-18)8-11-16(15(17)19)9-4-2-5-10-16/h2,4-5,9,14H,3,6-8,10-13H2,1H3,(H2,17,19). The Morgan fingerprint density at radius 1 is 1.32 bits per heavy atom. The predicted molar refractivity (Wildman–Crippen MR) is 78.6 cm³/mol. The summed E-state index contributed by atoms with van der Waals surface area (Å²) in [4.78, 5) is 14.3. The number of rotatable bonds is 5. The highest BCUT2D eigenvalue weighted by Crippen LogP contribution is 2.34. The van der Waals surface area contributed by atoms with Crippen LogP contribution in [-0.2, 0) is 4.79 Å². The molecule has 3 heteroatoms. The summed E-state index contributed by atoms with van der Waals surface area (Å²) in [7, 11) is 0. The molecule has 0 radical (unpaired) electrons. The van der Waals surface area contributed by atoms with Crippen LogP contribution in [0, 0.1) is 5.41 Å². The molecule has 1 fully saturated rings. The first-order chi connectivity index (χ1) is 9.14. The normalized spacial score (nSPS) is 29.3. The van der Waals surface area contributed by atoms with Crippen molar-refractivity contribution in [3.8, 4) is 0 Å². The van der Waals surface area contributed by atoms with Gasteiger partial charge in [-0.15, -0.1) is 0 Å². The molecule has 0 aromatic carbocycles. The SMILES string of the molecule is CC(CCC1(C(N)=O)C=CC=CC1)N1CCCCC1. The van der Waals surface area contributed by atoms with Gasteiger partial charge in [-0.25, -0.2) is 0 Å². The molecule has 0 bridgehead atoms. The van der Waals surface area contributed by atoms with E-state index in [0.29, 0.717) is 6.04 Å². The van der Waals surface area contributed by atoms with Gasteiger partial charge in [0.15, 0.2) is 0 Å². The molecule has 2 N–H and O–H groups in total. The molecular formula is C16H26N2O. The summed E-state index contributed by atoms with van der Waals surface area (Å²) in [5.74, 6) is -0.182. The van der Waals surface area contributed by atoms with Crippen LogP contribution in [0.1, 0.15) is 45.4 Å². The molecule has 106 valence electrons. The summed E-state index contributed by atoms with van der Waals surface area (Å²) in [6.07, 6.45) is 14.7. The second kappa shape index (κ2) is 6.38. The molecule has 2 atom stereocenters. The molecular weight excluding hydrogens is 236 g/mol. The van der Waals surface area contributed by atoms with Gasteiger partial charge in [0.1, 0.15) is 0 Å². The van der Waals surface area contributed by atoms with Crippen LogP contribution in [0.15, 0.2) is 24.3 Å². The highest BCUT2D eigenvalue weighted by atomic mass is 16.1. The second-order valence-corrected chi connectivity index (χ2v) is 6.00. The lowest BCUT2D eigenvalue weighted by Gasteiger charge is -2.35. The molecule has 0 saturated carbocycles. The number of primary amides is 1. The maximum absolute atomic E-state index is 11.8. The lowest BCUT2D eigenvalue weighted by Crippen LogP contribution is -2.40. The topological polar surface area (TPSA) is 46.3 Å². The van der Waals surface area contributed by atoms with Crippen LogP contribution >= 0.6 is 0 Å². The zero-order valence-electron chi connectivity index (χ0n) is 12.0. The zero-order valence-corrected chi connectivity index (χ0v) is 12.0. The first-order valence-corrected chi connectivity index (χ1v) is 7.52. The third kappa shape index (κ3) is 3.47. The largest absolute Gasteiger partial charge is 0.369 e. The third-order valence-corrected chi connectivity index (χ3v) is 4.66.